The molecule has 25 heavy (non-hydrogen) atoms. The monoisotopic (exact) mass is 384 g/mol. The molecule has 2 aromatic carbocycles. The minimum absolute atomic E-state index is 0. The molecule has 0 amide bonds. The van der Waals surface area contributed by atoms with Crippen molar-refractivity contribution in [1.82, 2.24) is 4.90 Å². The SMILES string of the molecule is Cl.Cl.NCCC1CN(Cc2ccc(Oc3ccccc3)cc2)CCO1. The van der Waals surface area contributed by atoms with E-state index in [0.717, 1.165) is 44.2 Å². The Labute approximate surface area is 162 Å². The number of para-hydroxylation sites is 1. The van der Waals surface area contributed by atoms with Crippen LogP contribution < -0.4 is 10.5 Å². The van der Waals surface area contributed by atoms with E-state index in [1.165, 1.54) is 5.56 Å². The number of ether oxygens (including phenoxy) is 2. The van der Waals surface area contributed by atoms with Crippen molar-refractivity contribution in [3.05, 3.63) is 60.2 Å². The molecule has 1 aliphatic heterocycles. The summed E-state index contributed by atoms with van der Waals surface area (Å²) in [6.07, 6.45) is 1.20. The second-order valence-corrected chi connectivity index (χ2v) is 5.86. The average molecular weight is 385 g/mol. The third-order valence-corrected chi connectivity index (χ3v) is 4.02. The van der Waals surface area contributed by atoms with Crippen LogP contribution in [-0.2, 0) is 11.3 Å². The molecule has 1 unspecified atom stereocenters. The van der Waals surface area contributed by atoms with Crippen molar-refractivity contribution in [3.8, 4) is 11.5 Å². The fourth-order valence-corrected chi connectivity index (χ4v) is 2.83. The second-order valence-electron chi connectivity index (χ2n) is 5.86. The van der Waals surface area contributed by atoms with E-state index in [9.17, 15) is 0 Å². The molecule has 4 nitrogen and oxygen atoms in total. The molecular weight excluding hydrogens is 359 g/mol. The van der Waals surface area contributed by atoms with E-state index < -0.39 is 0 Å². The number of nitrogens with two attached hydrogens (primary N) is 1. The summed E-state index contributed by atoms with van der Waals surface area (Å²) in [7, 11) is 0. The van der Waals surface area contributed by atoms with Crippen LogP contribution in [0.5, 0.6) is 11.5 Å². The molecule has 1 saturated heterocycles. The third-order valence-electron chi connectivity index (χ3n) is 4.02. The Balaban J connectivity index is 0.00000156. The predicted octanol–water partition coefficient (Wildman–Crippen LogP) is 3.87. The smallest absolute Gasteiger partial charge is 0.127 e. The van der Waals surface area contributed by atoms with Crippen molar-refractivity contribution in [1.29, 1.82) is 0 Å². The minimum atomic E-state index is 0. The van der Waals surface area contributed by atoms with Crippen LogP contribution in [0.2, 0.25) is 0 Å². The zero-order valence-electron chi connectivity index (χ0n) is 14.2. The first kappa shape index (κ1) is 21.7. The number of benzene rings is 2. The molecule has 0 bridgehead atoms. The van der Waals surface area contributed by atoms with Gasteiger partial charge in [0.1, 0.15) is 11.5 Å². The maximum Gasteiger partial charge on any atom is 0.127 e. The Morgan fingerprint density at radius 3 is 2.36 bits per heavy atom. The van der Waals surface area contributed by atoms with Gasteiger partial charge in [-0.2, -0.15) is 0 Å². The Kier molecular flexibility index (Phi) is 9.86. The van der Waals surface area contributed by atoms with Gasteiger partial charge in [-0.25, -0.2) is 0 Å². The first-order chi connectivity index (χ1) is 11.3. The van der Waals surface area contributed by atoms with Crippen molar-refractivity contribution in [2.75, 3.05) is 26.2 Å². The fourth-order valence-electron chi connectivity index (χ4n) is 2.83. The number of morpholine rings is 1. The first-order valence-electron chi connectivity index (χ1n) is 8.19. The third kappa shape index (κ3) is 6.84. The summed E-state index contributed by atoms with van der Waals surface area (Å²) in [5.41, 5.74) is 6.92. The van der Waals surface area contributed by atoms with Crippen molar-refractivity contribution < 1.29 is 9.47 Å². The topological polar surface area (TPSA) is 47.7 Å². The van der Waals surface area contributed by atoms with Crippen molar-refractivity contribution in [2.24, 2.45) is 5.73 Å². The lowest BCUT2D eigenvalue weighted by atomic mass is 10.1. The van der Waals surface area contributed by atoms with Crippen molar-refractivity contribution in [3.63, 3.8) is 0 Å². The normalized spacial score (nSPS) is 17.2. The van der Waals surface area contributed by atoms with Crippen LogP contribution in [0.1, 0.15) is 12.0 Å². The lowest BCUT2D eigenvalue weighted by Gasteiger charge is -2.32. The zero-order chi connectivity index (χ0) is 15.9. The molecule has 0 radical (unpaired) electrons. The van der Waals surface area contributed by atoms with Crippen LogP contribution in [0, 0.1) is 0 Å². The molecule has 1 aliphatic rings. The van der Waals surface area contributed by atoms with Gasteiger partial charge in [0.25, 0.3) is 0 Å². The van der Waals surface area contributed by atoms with Crippen LogP contribution in [0.4, 0.5) is 0 Å². The highest BCUT2D eigenvalue weighted by Crippen LogP contribution is 2.22. The predicted molar refractivity (Wildman–Crippen MR) is 106 cm³/mol. The fraction of sp³-hybridized carbons (Fsp3) is 0.368. The van der Waals surface area contributed by atoms with Gasteiger partial charge < -0.3 is 15.2 Å². The Morgan fingerprint density at radius 1 is 1.00 bits per heavy atom. The summed E-state index contributed by atoms with van der Waals surface area (Å²) in [4.78, 5) is 2.43. The van der Waals surface area contributed by atoms with Gasteiger partial charge in [-0.15, -0.1) is 24.8 Å². The van der Waals surface area contributed by atoms with Gasteiger partial charge in [0.05, 0.1) is 12.7 Å². The van der Waals surface area contributed by atoms with Crippen LogP contribution in [0.3, 0.4) is 0 Å². The highest BCUT2D eigenvalue weighted by atomic mass is 35.5. The maximum atomic E-state index is 5.82. The summed E-state index contributed by atoms with van der Waals surface area (Å²) < 4.78 is 11.6. The molecule has 2 aromatic rings. The Bertz CT molecular complexity index is 594. The first-order valence-corrected chi connectivity index (χ1v) is 8.19. The van der Waals surface area contributed by atoms with E-state index in [4.69, 9.17) is 15.2 Å². The van der Waals surface area contributed by atoms with Crippen LogP contribution in [-0.4, -0.2) is 37.2 Å². The lowest BCUT2D eigenvalue weighted by molar-refractivity contribution is -0.0335. The second kappa shape index (κ2) is 11.3. The van der Waals surface area contributed by atoms with Gasteiger partial charge in [-0.1, -0.05) is 30.3 Å². The number of nitrogens with zero attached hydrogens (tertiary/aromatic N) is 1. The van der Waals surface area contributed by atoms with Gasteiger partial charge in [-0.05, 0) is 42.8 Å². The number of halogens is 2. The van der Waals surface area contributed by atoms with Gasteiger partial charge in [-0.3, -0.25) is 4.90 Å². The molecule has 0 spiro atoms. The number of hydrogen-bond donors (Lipinski definition) is 1. The number of hydrogen-bond acceptors (Lipinski definition) is 4. The molecule has 0 aliphatic carbocycles. The molecule has 0 aromatic heterocycles. The van der Waals surface area contributed by atoms with Gasteiger partial charge in [0, 0.05) is 19.6 Å². The molecule has 3 rings (SSSR count). The maximum absolute atomic E-state index is 5.82. The van der Waals surface area contributed by atoms with Crippen LogP contribution in [0.15, 0.2) is 54.6 Å². The molecule has 0 saturated carbocycles. The summed E-state index contributed by atoms with van der Waals surface area (Å²) in [5.74, 6) is 1.72. The van der Waals surface area contributed by atoms with Crippen LogP contribution in [0.25, 0.3) is 0 Å². The quantitative estimate of drug-likeness (QED) is 0.820. The molecule has 6 heteroatoms. The highest BCUT2D eigenvalue weighted by molar-refractivity contribution is 5.85. The zero-order valence-corrected chi connectivity index (χ0v) is 15.8. The molecule has 138 valence electrons. The van der Waals surface area contributed by atoms with Gasteiger partial charge in [0.2, 0.25) is 0 Å². The average Bonchev–Trinajstić information content (AvgIpc) is 2.58. The van der Waals surface area contributed by atoms with E-state index in [-0.39, 0.29) is 30.9 Å². The van der Waals surface area contributed by atoms with E-state index in [1.54, 1.807) is 0 Å². The summed E-state index contributed by atoms with van der Waals surface area (Å²) in [5, 5.41) is 0. The van der Waals surface area contributed by atoms with E-state index in [0.29, 0.717) is 6.54 Å². The molecule has 2 N–H and O–H groups in total. The highest BCUT2D eigenvalue weighted by Gasteiger charge is 2.19. The van der Waals surface area contributed by atoms with Crippen molar-refractivity contribution in [2.45, 2.75) is 19.1 Å². The van der Waals surface area contributed by atoms with E-state index >= 15 is 0 Å². The minimum Gasteiger partial charge on any atom is -0.457 e. The molecular formula is C19H26Cl2N2O2. The Morgan fingerprint density at radius 2 is 1.68 bits per heavy atom. The summed E-state index contributed by atoms with van der Waals surface area (Å²) in [6, 6.07) is 18.2. The molecule has 1 fully saturated rings. The van der Waals surface area contributed by atoms with Gasteiger partial charge >= 0.3 is 0 Å². The largest absolute Gasteiger partial charge is 0.457 e. The van der Waals surface area contributed by atoms with E-state index in [1.807, 2.05) is 42.5 Å². The molecule has 1 heterocycles. The van der Waals surface area contributed by atoms with Crippen molar-refractivity contribution >= 4 is 24.8 Å². The summed E-state index contributed by atoms with van der Waals surface area (Å²) >= 11 is 0. The Hall–Kier alpha value is -1.30. The van der Waals surface area contributed by atoms with E-state index in [2.05, 4.69) is 17.0 Å². The molecule has 1 atom stereocenters. The summed E-state index contributed by atoms with van der Waals surface area (Å²) in [6.45, 7) is 4.35. The van der Waals surface area contributed by atoms with Gasteiger partial charge in [0.15, 0.2) is 0 Å². The number of rotatable bonds is 6. The lowest BCUT2D eigenvalue weighted by Crippen LogP contribution is -2.42. The standard InChI is InChI=1S/C19H24N2O2.2ClH/c20-11-10-19-15-21(12-13-22-19)14-16-6-8-18(9-7-16)23-17-4-2-1-3-5-17;;/h1-9,19H,10-15,20H2;2*1H. The van der Waals surface area contributed by atoms with Crippen LogP contribution >= 0.6 is 24.8 Å².